The van der Waals surface area contributed by atoms with Crippen molar-refractivity contribution in [3.8, 4) is 0 Å². The average molecular weight is 126 g/mol. The summed E-state index contributed by atoms with van der Waals surface area (Å²) in [6.45, 7) is 2.07. The molecular formula is C7H10O2. The third-order valence-electron chi connectivity index (χ3n) is 1.29. The Morgan fingerprint density at radius 3 is 3.00 bits per heavy atom. The third-order valence-corrected chi connectivity index (χ3v) is 1.29. The molecular weight excluding hydrogens is 116 g/mol. The number of hydrogen-bond donors (Lipinski definition) is 0. The van der Waals surface area contributed by atoms with Gasteiger partial charge in [0.05, 0.1) is 0 Å². The highest BCUT2D eigenvalue weighted by molar-refractivity contribution is 5.84. The molecule has 0 unspecified atom stereocenters. The monoisotopic (exact) mass is 126 g/mol. The van der Waals surface area contributed by atoms with Gasteiger partial charge in [-0.15, -0.1) is 0 Å². The number of hydrogen-bond acceptors (Lipinski definition) is 2. The summed E-state index contributed by atoms with van der Waals surface area (Å²) in [4.78, 5) is 10.4. The Labute approximate surface area is 54.5 Å². The molecule has 0 aromatic carbocycles. The van der Waals surface area contributed by atoms with E-state index >= 15 is 0 Å². The Hall–Kier alpha value is -0.790. The zero-order valence-electron chi connectivity index (χ0n) is 5.46. The van der Waals surface area contributed by atoms with Crippen LogP contribution in [-0.2, 0) is 9.53 Å². The van der Waals surface area contributed by atoms with Gasteiger partial charge >= 0.3 is 5.97 Å². The molecule has 1 aliphatic rings. The minimum absolute atomic E-state index is 0.0579. The van der Waals surface area contributed by atoms with E-state index in [9.17, 15) is 4.79 Å². The summed E-state index contributed by atoms with van der Waals surface area (Å²) in [5, 5.41) is 0. The van der Waals surface area contributed by atoms with Gasteiger partial charge in [-0.1, -0.05) is 13.3 Å². The second kappa shape index (κ2) is 2.67. The van der Waals surface area contributed by atoms with Crippen molar-refractivity contribution in [3.05, 3.63) is 12.2 Å². The van der Waals surface area contributed by atoms with Gasteiger partial charge in [-0.25, -0.2) is 4.79 Å². The number of esters is 1. The first-order valence-electron chi connectivity index (χ1n) is 3.21. The van der Waals surface area contributed by atoms with Gasteiger partial charge in [0.15, 0.2) is 0 Å². The summed E-state index contributed by atoms with van der Waals surface area (Å²) in [7, 11) is 0. The van der Waals surface area contributed by atoms with Gasteiger partial charge in [0, 0.05) is 6.08 Å². The van der Waals surface area contributed by atoms with Crippen molar-refractivity contribution in [1.29, 1.82) is 0 Å². The topological polar surface area (TPSA) is 26.3 Å². The fourth-order valence-electron chi connectivity index (χ4n) is 0.853. The first-order valence-corrected chi connectivity index (χ1v) is 3.21. The van der Waals surface area contributed by atoms with E-state index in [1.807, 2.05) is 6.08 Å². The van der Waals surface area contributed by atoms with Gasteiger partial charge in [0.25, 0.3) is 0 Å². The molecule has 0 radical (unpaired) electrons. The van der Waals surface area contributed by atoms with Crippen LogP contribution in [0.3, 0.4) is 0 Å². The number of carbonyl (C=O) groups excluding carboxylic acids is 1. The molecule has 9 heavy (non-hydrogen) atoms. The molecule has 0 aromatic heterocycles. The summed E-state index contributed by atoms with van der Waals surface area (Å²) < 4.78 is 4.85. The van der Waals surface area contributed by atoms with Crippen LogP contribution in [0.15, 0.2) is 12.2 Å². The SMILES string of the molecule is CCC[C@H]1C=CC(=O)O1. The summed E-state index contributed by atoms with van der Waals surface area (Å²) in [5.74, 6) is -0.201. The van der Waals surface area contributed by atoms with E-state index in [2.05, 4.69) is 6.92 Å². The van der Waals surface area contributed by atoms with Crippen molar-refractivity contribution < 1.29 is 9.53 Å². The molecule has 0 saturated heterocycles. The van der Waals surface area contributed by atoms with E-state index in [-0.39, 0.29) is 12.1 Å². The van der Waals surface area contributed by atoms with Crippen LogP contribution in [0.1, 0.15) is 19.8 Å². The van der Waals surface area contributed by atoms with Crippen LogP contribution in [0.2, 0.25) is 0 Å². The largest absolute Gasteiger partial charge is 0.455 e. The average Bonchev–Trinajstić information content (AvgIpc) is 2.17. The standard InChI is InChI=1S/C7H10O2/c1-2-3-6-4-5-7(8)9-6/h4-6H,2-3H2,1H3/t6-/m0/s1. The molecule has 0 bridgehead atoms. The summed E-state index contributed by atoms with van der Waals surface area (Å²) >= 11 is 0. The Bertz CT molecular complexity index is 138. The minimum atomic E-state index is -0.201. The van der Waals surface area contributed by atoms with Gasteiger partial charge in [0.2, 0.25) is 0 Å². The molecule has 1 atom stereocenters. The fourth-order valence-corrected chi connectivity index (χ4v) is 0.853. The van der Waals surface area contributed by atoms with Gasteiger partial charge in [0.1, 0.15) is 6.10 Å². The molecule has 0 aromatic rings. The number of cyclic esters (lactones) is 1. The van der Waals surface area contributed by atoms with Crippen molar-refractivity contribution in [2.45, 2.75) is 25.9 Å². The van der Waals surface area contributed by atoms with E-state index in [0.717, 1.165) is 12.8 Å². The first kappa shape index (κ1) is 6.33. The highest BCUT2D eigenvalue weighted by atomic mass is 16.5. The lowest BCUT2D eigenvalue weighted by atomic mass is 10.2. The Morgan fingerprint density at radius 2 is 2.56 bits per heavy atom. The van der Waals surface area contributed by atoms with Crippen molar-refractivity contribution in [3.63, 3.8) is 0 Å². The second-order valence-electron chi connectivity index (χ2n) is 2.12. The Morgan fingerprint density at radius 1 is 1.78 bits per heavy atom. The summed E-state index contributed by atoms with van der Waals surface area (Å²) in [6.07, 6.45) is 5.36. The molecule has 0 saturated carbocycles. The van der Waals surface area contributed by atoms with Crippen LogP contribution < -0.4 is 0 Å². The van der Waals surface area contributed by atoms with E-state index < -0.39 is 0 Å². The zero-order valence-corrected chi connectivity index (χ0v) is 5.46. The Kier molecular flexibility index (Phi) is 1.88. The molecule has 2 nitrogen and oxygen atoms in total. The molecule has 0 amide bonds. The van der Waals surface area contributed by atoms with Gasteiger partial charge in [-0.3, -0.25) is 0 Å². The molecule has 1 aliphatic heterocycles. The quantitative estimate of drug-likeness (QED) is 0.521. The van der Waals surface area contributed by atoms with Crippen LogP contribution >= 0.6 is 0 Å². The molecule has 1 heterocycles. The maximum absolute atomic E-state index is 10.4. The summed E-state index contributed by atoms with van der Waals surface area (Å²) in [6, 6.07) is 0. The van der Waals surface area contributed by atoms with Crippen molar-refractivity contribution in [1.82, 2.24) is 0 Å². The lowest BCUT2D eigenvalue weighted by Gasteiger charge is -2.03. The van der Waals surface area contributed by atoms with Crippen LogP contribution in [0.4, 0.5) is 0 Å². The van der Waals surface area contributed by atoms with Crippen molar-refractivity contribution in [2.24, 2.45) is 0 Å². The zero-order chi connectivity index (χ0) is 6.69. The molecule has 0 spiro atoms. The van der Waals surface area contributed by atoms with Gasteiger partial charge < -0.3 is 4.74 Å². The lowest BCUT2D eigenvalue weighted by molar-refractivity contribution is -0.138. The number of ether oxygens (including phenoxy) is 1. The predicted octanol–water partition coefficient (Wildman–Crippen LogP) is 1.27. The van der Waals surface area contributed by atoms with Crippen LogP contribution in [0.25, 0.3) is 0 Å². The van der Waals surface area contributed by atoms with Crippen LogP contribution in [-0.4, -0.2) is 12.1 Å². The third kappa shape index (κ3) is 1.56. The predicted molar refractivity (Wildman–Crippen MR) is 33.9 cm³/mol. The number of carbonyl (C=O) groups is 1. The maximum Gasteiger partial charge on any atom is 0.331 e. The summed E-state index contributed by atoms with van der Waals surface area (Å²) in [5.41, 5.74) is 0. The van der Waals surface area contributed by atoms with Gasteiger partial charge in [-0.05, 0) is 12.5 Å². The normalized spacial score (nSPS) is 24.6. The van der Waals surface area contributed by atoms with Crippen molar-refractivity contribution in [2.75, 3.05) is 0 Å². The number of rotatable bonds is 2. The molecule has 50 valence electrons. The molecule has 0 N–H and O–H groups in total. The smallest absolute Gasteiger partial charge is 0.331 e. The minimum Gasteiger partial charge on any atom is -0.455 e. The van der Waals surface area contributed by atoms with E-state index in [0.29, 0.717) is 0 Å². The van der Waals surface area contributed by atoms with E-state index in [1.54, 1.807) is 0 Å². The highest BCUT2D eigenvalue weighted by Gasteiger charge is 2.14. The highest BCUT2D eigenvalue weighted by Crippen LogP contribution is 2.09. The second-order valence-corrected chi connectivity index (χ2v) is 2.12. The van der Waals surface area contributed by atoms with Crippen LogP contribution in [0.5, 0.6) is 0 Å². The maximum atomic E-state index is 10.4. The lowest BCUT2D eigenvalue weighted by Crippen LogP contribution is -2.06. The van der Waals surface area contributed by atoms with E-state index in [4.69, 9.17) is 4.74 Å². The Balaban J connectivity index is 2.32. The molecule has 1 rings (SSSR count). The fraction of sp³-hybridized carbons (Fsp3) is 0.571. The molecule has 0 fully saturated rings. The molecule has 2 heteroatoms. The van der Waals surface area contributed by atoms with E-state index in [1.165, 1.54) is 6.08 Å². The molecule has 0 aliphatic carbocycles. The van der Waals surface area contributed by atoms with Gasteiger partial charge in [-0.2, -0.15) is 0 Å². The first-order chi connectivity index (χ1) is 4.33. The van der Waals surface area contributed by atoms with Crippen molar-refractivity contribution >= 4 is 5.97 Å². The van der Waals surface area contributed by atoms with Crippen LogP contribution in [0, 0.1) is 0 Å².